The van der Waals surface area contributed by atoms with Gasteiger partial charge in [-0.15, -0.1) is 6.42 Å². The maximum Gasteiger partial charge on any atom is 0.140 e. The summed E-state index contributed by atoms with van der Waals surface area (Å²) in [7, 11) is 2.10. The number of likely N-dealkylation sites (N-methyl/N-ethyl adjacent to an activating group) is 1. The second kappa shape index (κ2) is 4.76. The maximum absolute atomic E-state index is 5.24. The average Bonchev–Trinajstić information content (AvgIpc) is 1.88. The Labute approximate surface area is 69.6 Å². The lowest BCUT2D eigenvalue weighted by atomic mass is 10.3. The van der Waals surface area contributed by atoms with Crippen molar-refractivity contribution >= 4 is 0 Å². The summed E-state index contributed by atoms with van der Waals surface area (Å²) in [4.78, 5) is 0. The fourth-order valence-electron chi connectivity index (χ4n) is 1.05. The van der Waals surface area contributed by atoms with Gasteiger partial charge in [-0.05, 0) is 18.1 Å². The number of nitrogens with zero attached hydrogens (tertiary/aromatic N) is 1. The summed E-state index contributed by atoms with van der Waals surface area (Å²) >= 11 is 0. The molecule has 0 unspecified atom stereocenters. The zero-order chi connectivity index (χ0) is 8.74. The second-order valence-corrected chi connectivity index (χ2v) is 2.92. The summed E-state index contributed by atoms with van der Waals surface area (Å²) in [5.74, 6) is 2.65. The third-order valence-corrected chi connectivity index (χ3v) is 1.61. The standard InChI is InChI=1S/C10H16N/c1-5-8-11(4,9-6-2)10-7-3/h1,6-7H,2-3,8-10H2,4H3/q+1. The summed E-state index contributed by atoms with van der Waals surface area (Å²) in [5.41, 5.74) is 0. The van der Waals surface area contributed by atoms with Crippen LogP contribution in [0, 0.1) is 12.3 Å². The zero-order valence-electron chi connectivity index (χ0n) is 7.21. The molecule has 0 aliphatic rings. The highest BCUT2D eigenvalue weighted by Crippen LogP contribution is 2.00. The number of quaternary nitrogens is 1. The SMILES string of the molecule is C#CC[N+](C)(CC=C)CC=C. The molecule has 0 aliphatic heterocycles. The molecule has 0 aliphatic carbocycles. The van der Waals surface area contributed by atoms with Gasteiger partial charge in [0.15, 0.2) is 0 Å². The van der Waals surface area contributed by atoms with Gasteiger partial charge in [-0.2, -0.15) is 0 Å². The van der Waals surface area contributed by atoms with Crippen LogP contribution in [0.5, 0.6) is 0 Å². The van der Waals surface area contributed by atoms with Crippen LogP contribution in [0.1, 0.15) is 0 Å². The molecule has 0 amide bonds. The molecule has 0 saturated heterocycles. The van der Waals surface area contributed by atoms with Gasteiger partial charge >= 0.3 is 0 Å². The number of terminal acetylenes is 1. The molecule has 1 nitrogen and oxygen atoms in total. The van der Waals surface area contributed by atoms with E-state index in [1.807, 2.05) is 12.2 Å². The van der Waals surface area contributed by atoms with E-state index in [9.17, 15) is 0 Å². The van der Waals surface area contributed by atoms with Crippen LogP contribution in [0.3, 0.4) is 0 Å². The molecule has 0 spiro atoms. The first kappa shape index (κ1) is 10.0. The predicted octanol–water partition coefficient (Wildman–Crippen LogP) is 1.44. The van der Waals surface area contributed by atoms with Gasteiger partial charge in [0.25, 0.3) is 0 Å². The lowest BCUT2D eigenvalue weighted by molar-refractivity contribution is -0.891. The van der Waals surface area contributed by atoms with E-state index in [2.05, 4.69) is 26.1 Å². The van der Waals surface area contributed by atoms with Crippen molar-refractivity contribution in [1.29, 1.82) is 0 Å². The molecule has 0 N–H and O–H groups in total. The Morgan fingerprint density at radius 3 is 2.09 bits per heavy atom. The van der Waals surface area contributed by atoms with Crippen molar-refractivity contribution in [3.05, 3.63) is 25.3 Å². The molecule has 11 heavy (non-hydrogen) atoms. The molecule has 0 bridgehead atoms. The summed E-state index contributed by atoms with van der Waals surface area (Å²) < 4.78 is 0.809. The van der Waals surface area contributed by atoms with E-state index in [-0.39, 0.29) is 0 Å². The van der Waals surface area contributed by atoms with E-state index < -0.39 is 0 Å². The molecule has 0 heterocycles. The molecule has 0 aromatic rings. The van der Waals surface area contributed by atoms with Crippen LogP contribution in [0.4, 0.5) is 0 Å². The third-order valence-electron chi connectivity index (χ3n) is 1.61. The van der Waals surface area contributed by atoms with Gasteiger partial charge in [-0.1, -0.05) is 13.2 Å². The lowest BCUT2D eigenvalue weighted by Crippen LogP contribution is -2.44. The molecule has 0 aromatic carbocycles. The van der Waals surface area contributed by atoms with E-state index in [1.54, 1.807) is 0 Å². The van der Waals surface area contributed by atoms with E-state index in [4.69, 9.17) is 6.42 Å². The Morgan fingerprint density at radius 2 is 1.82 bits per heavy atom. The minimum absolute atomic E-state index is 0.734. The second-order valence-electron chi connectivity index (χ2n) is 2.92. The monoisotopic (exact) mass is 150 g/mol. The van der Waals surface area contributed by atoms with Crippen molar-refractivity contribution in [3.63, 3.8) is 0 Å². The van der Waals surface area contributed by atoms with Gasteiger partial charge in [0, 0.05) is 0 Å². The summed E-state index contributed by atoms with van der Waals surface area (Å²) in [6.45, 7) is 9.92. The van der Waals surface area contributed by atoms with Crippen LogP contribution in [0.2, 0.25) is 0 Å². The first-order chi connectivity index (χ1) is 5.18. The summed E-state index contributed by atoms with van der Waals surface area (Å²) in [5, 5.41) is 0. The van der Waals surface area contributed by atoms with Gasteiger partial charge < -0.3 is 4.48 Å². The van der Waals surface area contributed by atoms with Gasteiger partial charge in [-0.3, -0.25) is 0 Å². The van der Waals surface area contributed by atoms with Crippen molar-refractivity contribution in [2.75, 3.05) is 26.7 Å². The summed E-state index contributed by atoms with van der Waals surface area (Å²) in [6.07, 6.45) is 9.02. The molecular weight excluding hydrogens is 134 g/mol. The number of hydrogen-bond donors (Lipinski definition) is 0. The Kier molecular flexibility index (Phi) is 4.33. The number of rotatable bonds is 5. The molecular formula is C10H16N+. The molecule has 0 rings (SSSR count). The van der Waals surface area contributed by atoms with Crippen molar-refractivity contribution in [2.45, 2.75) is 0 Å². The molecule has 0 aromatic heterocycles. The quantitative estimate of drug-likeness (QED) is 0.316. The predicted molar refractivity (Wildman–Crippen MR) is 50.0 cm³/mol. The van der Waals surface area contributed by atoms with Crippen molar-refractivity contribution < 1.29 is 4.48 Å². The van der Waals surface area contributed by atoms with Crippen LogP contribution in [0.15, 0.2) is 25.3 Å². The maximum atomic E-state index is 5.24. The largest absolute Gasteiger partial charge is 0.309 e. The van der Waals surface area contributed by atoms with Gasteiger partial charge in [0.05, 0.1) is 20.1 Å². The Balaban J connectivity index is 4.12. The van der Waals surface area contributed by atoms with Crippen LogP contribution in [0.25, 0.3) is 0 Å². The molecule has 0 radical (unpaired) electrons. The highest BCUT2D eigenvalue weighted by Gasteiger charge is 2.15. The molecule has 0 atom stereocenters. The zero-order valence-corrected chi connectivity index (χ0v) is 7.21. The minimum Gasteiger partial charge on any atom is -0.309 e. The Bertz CT molecular complexity index is 164. The van der Waals surface area contributed by atoms with E-state index in [0.29, 0.717) is 0 Å². The van der Waals surface area contributed by atoms with Crippen LogP contribution >= 0.6 is 0 Å². The minimum atomic E-state index is 0.734. The highest BCUT2D eigenvalue weighted by atomic mass is 15.3. The van der Waals surface area contributed by atoms with E-state index in [1.165, 1.54) is 0 Å². The van der Waals surface area contributed by atoms with Gasteiger partial charge in [-0.25, -0.2) is 0 Å². The van der Waals surface area contributed by atoms with E-state index in [0.717, 1.165) is 24.1 Å². The van der Waals surface area contributed by atoms with Crippen LogP contribution < -0.4 is 0 Å². The highest BCUT2D eigenvalue weighted by molar-refractivity contribution is 4.85. The van der Waals surface area contributed by atoms with Crippen molar-refractivity contribution in [1.82, 2.24) is 0 Å². The van der Waals surface area contributed by atoms with Crippen molar-refractivity contribution in [3.8, 4) is 12.3 Å². The van der Waals surface area contributed by atoms with Crippen LogP contribution in [-0.2, 0) is 0 Å². The Hall–Kier alpha value is -1.00. The lowest BCUT2D eigenvalue weighted by Gasteiger charge is -2.29. The summed E-state index contributed by atoms with van der Waals surface area (Å²) in [6, 6.07) is 0. The fourth-order valence-corrected chi connectivity index (χ4v) is 1.05. The van der Waals surface area contributed by atoms with Crippen LogP contribution in [-0.4, -0.2) is 31.2 Å². The Morgan fingerprint density at radius 1 is 1.36 bits per heavy atom. The molecule has 1 heteroatoms. The average molecular weight is 150 g/mol. The molecule has 0 saturated carbocycles. The van der Waals surface area contributed by atoms with Gasteiger partial charge in [0.1, 0.15) is 6.54 Å². The molecule has 0 fully saturated rings. The van der Waals surface area contributed by atoms with Crippen molar-refractivity contribution in [2.24, 2.45) is 0 Å². The first-order valence-electron chi connectivity index (χ1n) is 3.67. The smallest absolute Gasteiger partial charge is 0.140 e. The van der Waals surface area contributed by atoms with Gasteiger partial charge in [0.2, 0.25) is 0 Å². The number of hydrogen-bond acceptors (Lipinski definition) is 0. The molecule has 60 valence electrons. The third kappa shape index (κ3) is 3.64. The fraction of sp³-hybridized carbons (Fsp3) is 0.400. The van der Waals surface area contributed by atoms with E-state index >= 15 is 0 Å². The normalized spacial score (nSPS) is 10.2. The topological polar surface area (TPSA) is 0 Å². The first-order valence-corrected chi connectivity index (χ1v) is 3.67.